The zero-order valence-corrected chi connectivity index (χ0v) is 10.2. The first kappa shape index (κ1) is 11.4. The van der Waals surface area contributed by atoms with Crippen molar-refractivity contribution in [2.24, 2.45) is 0 Å². The predicted octanol–water partition coefficient (Wildman–Crippen LogP) is 1.97. The van der Waals surface area contributed by atoms with Crippen LogP contribution >= 0.6 is 0 Å². The van der Waals surface area contributed by atoms with Crippen molar-refractivity contribution in [3.05, 3.63) is 28.8 Å². The maximum Gasteiger partial charge on any atom is 0.122 e. The molecule has 0 amide bonds. The van der Waals surface area contributed by atoms with E-state index in [1.807, 2.05) is 6.07 Å². The smallest absolute Gasteiger partial charge is 0.122 e. The molecular formula is C13H19NO2. The van der Waals surface area contributed by atoms with Crippen LogP contribution in [-0.2, 0) is 4.74 Å². The van der Waals surface area contributed by atoms with Crippen LogP contribution in [0.5, 0.6) is 5.75 Å². The third-order valence-corrected chi connectivity index (χ3v) is 3.30. The SMILES string of the molecule is COc1ccc([C@@H]2COCCN2)c(C)c1C. The molecule has 0 radical (unpaired) electrons. The van der Waals surface area contributed by atoms with Crippen molar-refractivity contribution in [2.75, 3.05) is 26.9 Å². The summed E-state index contributed by atoms with van der Waals surface area (Å²) in [5.74, 6) is 0.956. The Hall–Kier alpha value is -1.06. The second-order valence-corrected chi connectivity index (χ2v) is 4.19. The summed E-state index contributed by atoms with van der Waals surface area (Å²) in [5, 5.41) is 3.48. The molecule has 2 rings (SSSR count). The van der Waals surface area contributed by atoms with E-state index in [0.29, 0.717) is 6.04 Å². The summed E-state index contributed by atoms with van der Waals surface area (Å²) in [4.78, 5) is 0. The standard InChI is InChI=1S/C13H19NO2/c1-9-10(2)13(15-3)5-4-11(9)12-8-16-7-6-14-12/h4-5,12,14H,6-8H2,1-3H3/t12-/m0/s1. The van der Waals surface area contributed by atoms with Crippen molar-refractivity contribution in [3.63, 3.8) is 0 Å². The Morgan fingerprint density at radius 2 is 2.12 bits per heavy atom. The van der Waals surface area contributed by atoms with Gasteiger partial charge in [-0.2, -0.15) is 0 Å². The Morgan fingerprint density at radius 1 is 1.31 bits per heavy atom. The maximum absolute atomic E-state index is 5.49. The molecule has 1 aliphatic rings. The summed E-state index contributed by atoms with van der Waals surface area (Å²) >= 11 is 0. The second kappa shape index (κ2) is 4.85. The number of hydrogen-bond donors (Lipinski definition) is 1. The van der Waals surface area contributed by atoms with Gasteiger partial charge in [0, 0.05) is 6.54 Å². The Bertz CT molecular complexity index is 370. The average molecular weight is 221 g/mol. The molecule has 0 bridgehead atoms. The van der Waals surface area contributed by atoms with Gasteiger partial charge in [-0.3, -0.25) is 0 Å². The zero-order valence-electron chi connectivity index (χ0n) is 10.2. The van der Waals surface area contributed by atoms with E-state index in [1.54, 1.807) is 7.11 Å². The number of nitrogens with one attached hydrogen (secondary N) is 1. The minimum absolute atomic E-state index is 0.318. The van der Waals surface area contributed by atoms with Gasteiger partial charge >= 0.3 is 0 Å². The number of benzene rings is 1. The number of morpholine rings is 1. The lowest BCUT2D eigenvalue weighted by Crippen LogP contribution is -2.35. The Labute approximate surface area is 96.8 Å². The van der Waals surface area contributed by atoms with Crippen molar-refractivity contribution in [1.82, 2.24) is 5.32 Å². The lowest BCUT2D eigenvalue weighted by Gasteiger charge is -2.26. The van der Waals surface area contributed by atoms with Crippen LogP contribution in [0.4, 0.5) is 0 Å². The van der Waals surface area contributed by atoms with Crippen molar-refractivity contribution < 1.29 is 9.47 Å². The third kappa shape index (κ3) is 2.06. The first-order valence-electron chi connectivity index (χ1n) is 5.69. The Kier molecular flexibility index (Phi) is 3.46. The van der Waals surface area contributed by atoms with E-state index in [0.717, 1.165) is 25.5 Å². The molecular weight excluding hydrogens is 202 g/mol. The van der Waals surface area contributed by atoms with Gasteiger partial charge in [-0.15, -0.1) is 0 Å². The predicted molar refractivity (Wildman–Crippen MR) is 64.0 cm³/mol. The molecule has 1 aliphatic heterocycles. The molecule has 3 nitrogen and oxygen atoms in total. The largest absolute Gasteiger partial charge is 0.496 e. The molecule has 0 aliphatic carbocycles. The van der Waals surface area contributed by atoms with Crippen LogP contribution in [0.3, 0.4) is 0 Å². The molecule has 0 saturated carbocycles. The van der Waals surface area contributed by atoms with E-state index in [1.165, 1.54) is 16.7 Å². The van der Waals surface area contributed by atoms with Crippen molar-refractivity contribution >= 4 is 0 Å². The van der Waals surface area contributed by atoms with E-state index >= 15 is 0 Å². The third-order valence-electron chi connectivity index (χ3n) is 3.30. The van der Waals surface area contributed by atoms with Gasteiger partial charge < -0.3 is 14.8 Å². The zero-order chi connectivity index (χ0) is 11.5. The molecule has 1 fully saturated rings. The molecule has 1 N–H and O–H groups in total. The van der Waals surface area contributed by atoms with Crippen LogP contribution in [0.2, 0.25) is 0 Å². The van der Waals surface area contributed by atoms with Crippen molar-refractivity contribution in [2.45, 2.75) is 19.9 Å². The topological polar surface area (TPSA) is 30.5 Å². The van der Waals surface area contributed by atoms with E-state index in [9.17, 15) is 0 Å². The Balaban J connectivity index is 2.30. The van der Waals surface area contributed by atoms with Crippen molar-refractivity contribution in [1.29, 1.82) is 0 Å². The summed E-state index contributed by atoms with van der Waals surface area (Å²) < 4.78 is 10.8. The van der Waals surface area contributed by atoms with Gasteiger partial charge in [0.25, 0.3) is 0 Å². The number of ether oxygens (including phenoxy) is 2. The summed E-state index contributed by atoms with van der Waals surface area (Å²) in [7, 11) is 1.71. The van der Waals surface area contributed by atoms with Crippen LogP contribution < -0.4 is 10.1 Å². The molecule has 1 heterocycles. The quantitative estimate of drug-likeness (QED) is 0.828. The van der Waals surface area contributed by atoms with Crippen molar-refractivity contribution in [3.8, 4) is 5.75 Å². The van der Waals surface area contributed by atoms with E-state index in [4.69, 9.17) is 9.47 Å². The molecule has 1 aromatic carbocycles. The molecule has 1 saturated heterocycles. The summed E-state index contributed by atoms with van der Waals surface area (Å²) in [6, 6.07) is 4.49. The minimum atomic E-state index is 0.318. The fourth-order valence-corrected chi connectivity index (χ4v) is 2.18. The highest BCUT2D eigenvalue weighted by Gasteiger charge is 2.18. The number of methoxy groups -OCH3 is 1. The number of hydrogen-bond acceptors (Lipinski definition) is 3. The minimum Gasteiger partial charge on any atom is -0.496 e. The summed E-state index contributed by atoms with van der Waals surface area (Å²) in [6.45, 7) is 6.73. The van der Waals surface area contributed by atoms with Crippen LogP contribution in [0.25, 0.3) is 0 Å². The van der Waals surface area contributed by atoms with Gasteiger partial charge in [0.15, 0.2) is 0 Å². The fourth-order valence-electron chi connectivity index (χ4n) is 2.18. The molecule has 0 aromatic heterocycles. The maximum atomic E-state index is 5.49. The van der Waals surface area contributed by atoms with Crippen LogP contribution in [0.15, 0.2) is 12.1 Å². The summed E-state index contributed by atoms with van der Waals surface area (Å²) in [6.07, 6.45) is 0. The van der Waals surface area contributed by atoms with E-state index in [2.05, 4.69) is 25.2 Å². The van der Waals surface area contributed by atoms with Gasteiger partial charge in [-0.25, -0.2) is 0 Å². The van der Waals surface area contributed by atoms with Gasteiger partial charge in [0.2, 0.25) is 0 Å². The van der Waals surface area contributed by atoms with Gasteiger partial charge in [0.05, 0.1) is 26.4 Å². The highest BCUT2D eigenvalue weighted by Crippen LogP contribution is 2.28. The number of rotatable bonds is 2. The molecule has 16 heavy (non-hydrogen) atoms. The average Bonchev–Trinajstić information content (AvgIpc) is 2.34. The highest BCUT2D eigenvalue weighted by molar-refractivity contribution is 5.44. The lowest BCUT2D eigenvalue weighted by atomic mass is 9.96. The fraction of sp³-hybridized carbons (Fsp3) is 0.538. The molecule has 1 aromatic rings. The van der Waals surface area contributed by atoms with Crippen LogP contribution in [0, 0.1) is 13.8 Å². The first-order valence-corrected chi connectivity index (χ1v) is 5.69. The summed E-state index contributed by atoms with van der Waals surface area (Å²) in [5.41, 5.74) is 3.83. The normalized spacial score (nSPS) is 20.8. The Morgan fingerprint density at radius 3 is 2.75 bits per heavy atom. The van der Waals surface area contributed by atoms with Crippen LogP contribution in [-0.4, -0.2) is 26.9 Å². The first-order chi connectivity index (χ1) is 7.74. The van der Waals surface area contributed by atoms with E-state index in [-0.39, 0.29) is 0 Å². The highest BCUT2D eigenvalue weighted by atomic mass is 16.5. The second-order valence-electron chi connectivity index (χ2n) is 4.19. The molecule has 1 atom stereocenters. The van der Waals surface area contributed by atoms with Gasteiger partial charge in [-0.05, 0) is 36.6 Å². The molecule has 0 unspecified atom stereocenters. The van der Waals surface area contributed by atoms with Gasteiger partial charge in [-0.1, -0.05) is 6.07 Å². The van der Waals surface area contributed by atoms with E-state index < -0.39 is 0 Å². The lowest BCUT2D eigenvalue weighted by molar-refractivity contribution is 0.0766. The van der Waals surface area contributed by atoms with Gasteiger partial charge in [0.1, 0.15) is 5.75 Å². The molecule has 88 valence electrons. The molecule has 0 spiro atoms. The molecule has 3 heteroatoms. The monoisotopic (exact) mass is 221 g/mol. The van der Waals surface area contributed by atoms with Crippen LogP contribution in [0.1, 0.15) is 22.7 Å².